The van der Waals surface area contributed by atoms with E-state index in [1.54, 1.807) is 0 Å². The van der Waals surface area contributed by atoms with E-state index in [-0.39, 0.29) is 12.7 Å². The van der Waals surface area contributed by atoms with Gasteiger partial charge in [-0.1, -0.05) is 13.8 Å². The molecule has 1 saturated carbocycles. The van der Waals surface area contributed by atoms with Crippen molar-refractivity contribution in [3.63, 3.8) is 0 Å². The molecule has 0 amide bonds. The molecule has 1 aliphatic rings. The quantitative estimate of drug-likeness (QED) is 0.663. The van der Waals surface area contributed by atoms with Crippen LogP contribution in [0.1, 0.15) is 39.5 Å². The number of hydrogen-bond donors (Lipinski definition) is 2. The van der Waals surface area contributed by atoms with Gasteiger partial charge in [0, 0.05) is 6.61 Å². The topological polar surface area (TPSA) is 40.5 Å². The zero-order valence-corrected chi connectivity index (χ0v) is 8.08. The molecule has 0 heterocycles. The maximum Gasteiger partial charge on any atom is 0.0543 e. The van der Waals surface area contributed by atoms with Gasteiger partial charge in [-0.15, -0.1) is 0 Å². The molecule has 0 aromatic carbocycles. The van der Waals surface area contributed by atoms with Crippen molar-refractivity contribution in [2.45, 2.75) is 45.6 Å². The second-order valence-electron chi connectivity index (χ2n) is 4.63. The van der Waals surface area contributed by atoms with E-state index in [2.05, 4.69) is 13.8 Å². The fourth-order valence-electron chi connectivity index (χ4n) is 2.17. The molecule has 0 aromatic rings. The standard InChI is InChI=1S/C10H20O2/c1-10(2)5-3-9(12)7-8(10)4-6-11/h8-9,11-12H,3-7H2,1-2H3/t8-,9-/m1/s1. The highest BCUT2D eigenvalue weighted by Gasteiger charge is 2.34. The minimum atomic E-state index is -0.130. The first-order valence-corrected chi connectivity index (χ1v) is 4.85. The van der Waals surface area contributed by atoms with Gasteiger partial charge in [0.05, 0.1) is 6.10 Å². The summed E-state index contributed by atoms with van der Waals surface area (Å²) < 4.78 is 0. The van der Waals surface area contributed by atoms with Crippen molar-refractivity contribution in [2.75, 3.05) is 6.61 Å². The Morgan fingerprint density at radius 3 is 2.67 bits per heavy atom. The van der Waals surface area contributed by atoms with Crippen LogP contribution in [0.15, 0.2) is 0 Å². The minimum Gasteiger partial charge on any atom is -0.396 e. The van der Waals surface area contributed by atoms with Crippen LogP contribution in [0.4, 0.5) is 0 Å². The molecule has 2 N–H and O–H groups in total. The first-order chi connectivity index (χ1) is 5.56. The zero-order chi connectivity index (χ0) is 9.19. The Bertz CT molecular complexity index is 143. The van der Waals surface area contributed by atoms with Gasteiger partial charge >= 0.3 is 0 Å². The SMILES string of the molecule is CC1(C)CC[C@@H](O)C[C@H]1CCO. The van der Waals surface area contributed by atoms with E-state index in [4.69, 9.17) is 5.11 Å². The van der Waals surface area contributed by atoms with E-state index >= 15 is 0 Å². The van der Waals surface area contributed by atoms with Crippen LogP contribution >= 0.6 is 0 Å². The highest BCUT2D eigenvalue weighted by atomic mass is 16.3. The molecule has 72 valence electrons. The van der Waals surface area contributed by atoms with Crippen molar-refractivity contribution in [3.8, 4) is 0 Å². The van der Waals surface area contributed by atoms with Crippen LogP contribution in [0.2, 0.25) is 0 Å². The summed E-state index contributed by atoms with van der Waals surface area (Å²) in [5.41, 5.74) is 0.307. The lowest BCUT2D eigenvalue weighted by Crippen LogP contribution is -2.34. The van der Waals surface area contributed by atoms with E-state index < -0.39 is 0 Å². The average Bonchev–Trinajstić information content (AvgIpc) is 1.98. The molecule has 0 unspecified atom stereocenters. The molecule has 0 saturated heterocycles. The second-order valence-corrected chi connectivity index (χ2v) is 4.63. The monoisotopic (exact) mass is 172 g/mol. The summed E-state index contributed by atoms with van der Waals surface area (Å²) in [4.78, 5) is 0. The molecule has 2 nitrogen and oxygen atoms in total. The van der Waals surface area contributed by atoms with Crippen LogP contribution in [-0.4, -0.2) is 22.9 Å². The van der Waals surface area contributed by atoms with Crippen LogP contribution in [0.5, 0.6) is 0 Å². The molecule has 2 heteroatoms. The summed E-state index contributed by atoms with van der Waals surface area (Å²) in [5, 5.41) is 18.3. The zero-order valence-electron chi connectivity index (χ0n) is 8.08. The molecule has 0 aromatic heterocycles. The summed E-state index contributed by atoms with van der Waals surface area (Å²) in [7, 11) is 0. The van der Waals surface area contributed by atoms with Crippen molar-refractivity contribution in [1.82, 2.24) is 0 Å². The Labute approximate surface area is 74.6 Å². The van der Waals surface area contributed by atoms with Crippen molar-refractivity contribution < 1.29 is 10.2 Å². The lowest BCUT2D eigenvalue weighted by Gasteiger charge is -2.40. The fraction of sp³-hybridized carbons (Fsp3) is 1.00. The number of aliphatic hydroxyl groups excluding tert-OH is 2. The van der Waals surface area contributed by atoms with Gasteiger partial charge in [0.25, 0.3) is 0 Å². The number of aliphatic hydroxyl groups is 2. The molecular weight excluding hydrogens is 152 g/mol. The van der Waals surface area contributed by atoms with E-state index in [0.717, 1.165) is 25.7 Å². The van der Waals surface area contributed by atoms with Gasteiger partial charge in [-0.3, -0.25) is 0 Å². The summed E-state index contributed by atoms with van der Waals surface area (Å²) in [6.07, 6.45) is 3.58. The average molecular weight is 172 g/mol. The molecule has 0 spiro atoms. The third-order valence-electron chi connectivity index (χ3n) is 3.26. The van der Waals surface area contributed by atoms with E-state index in [9.17, 15) is 5.11 Å². The largest absolute Gasteiger partial charge is 0.396 e. The van der Waals surface area contributed by atoms with Crippen LogP contribution in [-0.2, 0) is 0 Å². The van der Waals surface area contributed by atoms with Crippen molar-refractivity contribution in [2.24, 2.45) is 11.3 Å². The Morgan fingerprint density at radius 2 is 2.08 bits per heavy atom. The van der Waals surface area contributed by atoms with Crippen LogP contribution in [0.3, 0.4) is 0 Å². The second kappa shape index (κ2) is 3.75. The third kappa shape index (κ3) is 2.20. The summed E-state index contributed by atoms with van der Waals surface area (Å²) in [5.74, 6) is 0.492. The fourth-order valence-corrected chi connectivity index (χ4v) is 2.17. The molecule has 12 heavy (non-hydrogen) atoms. The normalized spacial score (nSPS) is 35.0. The molecule has 0 radical (unpaired) electrons. The minimum absolute atomic E-state index is 0.130. The van der Waals surface area contributed by atoms with Gasteiger partial charge < -0.3 is 10.2 Å². The van der Waals surface area contributed by atoms with E-state index in [1.165, 1.54) is 0 Å². The summed E-state index contributed by atoms with van der Waals surface area (Å²) >= 11 is 0. The van der Waals surface area contributed by atoms with Gasteiger partial charge in [-0.05, 0) is 37.0 Å². The van der Waals surface area contributed by atoms with E-state index in [1.807, 2.05) is 0 Å². The maximum atomic E-state index is 9.46. The van der Waals surface area contributed by atoms with Crippen LogP contribution in [0, 0.1) is 11.3 Å². The van der Waals surface area contributed by atoms with Crippen LogP contribution < -0.4 is 0 Å². The van der Waals surface area contributed by atoms with Crippen molar-refractivity contribution in [1.29, 1.82) is 0 Å². The molecule has 1 rings (SSSR count). The molecule has 2 atom stereocenters. The Balaban J connectivity index is 2.52. The van der Waals surface area contributed by atoms with Gasteiger partial charge in [0.1, 0.15) is 0 Å². The molecule has 0 bridgehead atoms. The number of rotatable bonds is 2. The van der Waals surface area contributed by atoms with Crippen molar-refractivity contribution in [3.05, 3.63) is 0 Å². The van der Waals surface area contributed by atoms with Crippen LogP contribution in [0.25, 0.3) is 0 Å². The Morgan fingerprint density at radius 1 is 1.42 bits per heavy atom. The first-order valence-electron chi connectivity index (χ1n) is 4.85. The highest BCUT2D eigenvalue weighted by molar-refractivity contribution is 4.85. The lowest BCUT2D eigenvalue weighted by atomic mass is 9.67. The van der Waals surface area contributed by atoms with Gasteiger partial charge in [-0.25, -0.2) is 0 Å². The Hall–Kier alpha value is -0.0800. The smallest absolute Gasteiger partial charge is 0.0543 e. The molecule has 1 aliphatic carbocycles. The van der Waals surface area contributed by atoms with Gasteiger partial charge in [-0.2, -0.15) is 0 Å². The van der Waals surface area contributed by atoms with Crippen molar-refractivity contribution >= 4 is 0 Å². The lowest BCUT2D eigenvalue weighted by molar-refractivity contribution is 0.0173. The molecule has 1 fully saturated rings. The predicted octanol–water partition coefficient (Wildman–Crippen LogP) is 1.56. The molecule has 0 aliphatic heterocycles. The van der Waals surface area contributed by atoms with Gasteiger partial charge in [0.15, 0.2) is 0 Å². The Kier molecular flexibility index (Phi) is 3.13. The third-order valence-corrected chi connectivity index (χ3v) is 3.26. The highest BCUT2D eigenvalue weighted by Crippen LogP contribution is 2.42. The molecular formula is C10H20O2. The van der Waals surface area contributed by atoms with Gasteiger partial charge in [0.2, 0.25) is 0 Å². The first kappa shape index (κ1) is 10.0. The summed E-state index contributed by atoms with van der Waals surface area (Å²) in [6.45, 7) is 4.72. The maximum absolute atomic E-state index is 9.46. The van der Waals surface area contributed by atoms with E-state index in [0.29, 0.717) is 11.3 Å². The summed E-state index contributed by atoms with van der Waals surface area (Å²) in [6, 6.07) is 0. The number of hydrogen-bond acceptors (Lipinski definition) is 2. The predicted molar refractivity (Wildman–Crippen MR) is 48.8 cm³/mol.